The van der Waals surface area contributed by atoms with Crippen LogP contribution in [0.15, 0.2) is 16.7 Å². The molecule has 1 aromatic heterocycles. The molecule has 0 spiro atoms. The van der Waals surface area contributed by atoms with Crippen LogP contribution in [-0.4, -0.2) is 22.4 Å². The van der Waals surface area contributed by atoms with Gasteiger partial charge in [0, 0.05) is 16.7 Å². The molecule has 0 fully saturated rings. The largest absolute Gasteiger partial charge is 0.368 e. The molecule has 0 aliphatic rings. The molecule has 0 saturated heterocycles. The molecule has 17 heavy (non-hydrogen) atoms. The van der Waals surface area contributed by atoms with Gasteiger partial charge < -0.3 is 15.6 Å². The molecule has 0 radical (unpaired) electrons. The molecule has 94 valence electrons. The van der Waals surface area contributed by atoms with Gasteiger partial charge in [-0.05, 0) is 42.8 Å². The number of carbonyl (C=O) groups is 2. The lowest BCUT2D eigenvalue weighted by molar-refractivity contribution is -0.119. The molecule has 1 rings (SSSR count). The van der Waals surface area contributed by atoms with Crippen LogP contribution < -0.4 is 11.1 Å². The fraction of sp³-hybridized carbons (Fsp3) is 0.455. The average molecular weight is 302 g/mol. The van der Waals surface area contributed by atoms with Gasteiger partial charge in [0.15, 0.2) is 0 Å². The number of halogens is 1. The lowest BCUT2D eigenvalue weighted by atomic mass is 10.3. The van der Waals surface area contributed by atoms with Gasteiger partial charge in [-0.3, -0.25) is 9.59 Å². The highest BCUT2D eigenvalue weighted by molar-refractivity contribution is 9.10. The van der Waals surface area contributed by atoms with Crippen molar-refractivity contribution in [3.8, 4) is 0 Å². The Bertz CT molecular complexity index is 440. The molecule has 1 heterocycles. The predicted octanol–water partition coefficient (Wildman–Crippen LogP) is 1.44. The van der Waals surface area contributed by atoms with Crippen LogP contribution in [0.4, 0.5) is 0 Å². The lowest BCUT2D eigenvalue weighted by Crippen LogP contribution is -2.42. The zero-order valence-electron chi connectivity index (χ0n) is 10.0. The van der Waals surface area contributed by atoms with Crippen molar-refractivity contribution in [1.82, 2.24) is 9.88 Å². The number of rotatable bonds is 4. The number of nitrogens with one attached hydrogen (secondary N) is 1. The van der Waals surface area contributed by atoms with Crippen molar-refractivity contribution in [1.29, 1.82) is 0 Å². The van der Waals surface area contributed by atoms with Crippen LogP contribution >= 0.6 is 15.9 Å². The zero-order valence-corrected chi connectivity index (χ0v) is 11.6. The Hall–Kier alpha value is -1.30. The minimum atomic E-state index is -0.684. The highest BCUT2D eigenvalue weighted by Gasteiger charge is 2.18. The maximum atomic E-state index is 11.9. The molecule has 0 aliphatic heterocycles. The Balaban J connectivity index is 2.92. The molecule has 0 bridgehead atoms. The number of hydrogen-bond donors (Lipinski definition) is 2. The Labute approximate surface area is 108 Å². The van der Waals surface area contributed by atoms with Crippen LogP contribution in [0.3, 0.4) is 0 Å². The first kappa shape index (κ1) is 13.8. The van der Waals surface area contributed by atoms with Crippen LogP contribution in [-0.2, 0) is 4.79 Å². The topological polar surface area (TPSA) is 77.1 Å². The van der Waals surface area contributed by atoms with Gasteiger partial charge in [0.25, 0.3) is 5.91 Å². The molecule has 0 aliphatic carbocycles. The molecule has 0 saturated carbocycles. The van der Waals surface area contributed by atoms with E-state index in [1.54, 1.807) is 13.0 Å². The van der Waals surface area contributed by atoms with Gasteiger partial charge >= 0.3 is 0 Å². The monoisotopic (exact) mass is 301 g/mol. The van der Waals surface area contributed by atoms with Crippen molar-refractivity contribution in [3.63, 3.8) is 0 Å². The molecule has 1 atom stereocenters. The molecule has 6 heteroatoms. The predicted molar refractivity (Wildman–Crippen MR) is 68.6 cm³/mol. The van der Waals surface area contributed by atoms with E-state index in [1.807, 2.05) is 24.6 Å². The molecule has 1 unspecified atom stereocenters. The van der Waals surface area contributed by atoms with Gasteiger partial charge in [0.2, 0.25) is 5.91 Å². The summed E-state index contributed by atoms with van der Waals surface area (Å²) in [5, 5.41) is 2.55. The van der Waals surface area contributed by atoms with Gasteiger partial charge in [-0.15, -0.1) is 0 Å². The van der Waals surface area contributed by atoms with Crippen LogP contribution in [0.1, 0.15) is 37.3 Å². The molecule has 5 nitrogen and oxygen atoms in total. The fourth-order valence-corrected chi connectivity index (χ4v) is 1.83. The summed E-state index contributed by atoms with van der Waals surface area (Å²) in [6, 6.07) is 1.19. The minimum Gasteiger partial charge on any atom is -0.368 e. The number of nitrogens with zero attached hydrogens (tertiary/aromatic N) is 1. The van der Waals surface area contributed by atoms with E-state index in [1.165, 1.54) is 0 Å². The standard InChI is InChI=1S/C11H16BrN3O2/c1-6(2)15-5-8(12)4-9(15)11(17)14-7(3)10(13)16/h4-7H,1-3H3,(H2,13,16)(H,14,17). The van der Waals surface area contributed by atoms with Gasteiger partial charge in [-0.25, -0.2) is 0 Å². The summed E-state index contributed by atoms with van der Waals surface area (Å²) in [6.07, 6.45) is 1.83. The second kappa shape index (κ2) is 5.35. The van der Waals surface area contributed by atoms with E-state index >= 15 is 0 Å². The lowest BCUT2D eigenvalue weighted by Gasteiger charge is -2.14. The van der Waals surface area contributed by atoms with Crippen molar-refractivity contribution in [2.24, 2.45) is 5.73 Å². The fourth-order valence-electron chi connectivity index (χ4n) is 1.40. The number of carbonyl (C=O) groups excluding carboxylic acids is 2. The Morgan fingerprint density at radius 2 is 2.00 bits per heavy atom. The summed E-state index contributed by atoms with van der Waals surface area (Å²) in [6.45, 7) is 5.50. The van der Waals surface area contributed by atoms with E-state index in [0.717, 1.165) is 4.47 Å². The van der Waals surface area contributed by atoms with Crippen molar-refractivity contribution >= 4 is 27.7 Å². The van der Waals surface area contributed by atoms with E-state index in [0.29, 0.717) is 5.69 Å². The third-order valence-electron chi connectivity index (χ3n) is 2.38. The van der Waals surface area contributed by atoms with E-state index in [4.69, 9.17) is 5.73 Å². The van der Waals surface area contributed by atoms with Crippen LogP contribution in [0.2, 0.25) is 0 Å². The summed E-state index contributed by atoms with van der Waals surface area (Å²) in [5.74, 6) is -0.865. The quantitative estimate of drug-likeness (QED) is 0.883. The van der Waals surface area contributed by atoms with Crippen LogP contribution in [0, 0.1) is 0 Å². The zero-order chi connectivity index (χ0) is 13.2. The Morgan fingerprint density at radius 3 is 2.47 bits per heavy atom. The van der Waals surface area contributed by atoms with Crippen LogP contribution in [0.25, 0.3) is 0 Å². The minimum absolute atomic E-state index is 0.158. The summed E-state index contributed by atoms with van der Waals surface area (Å²) in [4.78, 5) is 22.8. The molecular formula is C11H16BrN3O2. The third kappa shape index (κ3) is 3.33. The Kier molecular flexibility index (Phi) is 4.34. The van der Waals surface area contributed by atoms with Crippen molar-refractivity contribution in [3.05, 3.63) is 22.4 Å². The normalized spacial score (nSPS) is 12.5. The summed E-state index contributed by atoms with van der Waals surface area (Å²) < 4.78 is 2.65. The molecule has 0 aromatic carbocycles. The first-order chi connectivity index (χ1) is 7.82. The number of primary amides is 1. The molecule has 3 N–H and O–H groups in total. The number of amides is 2. The van der Waals surface area contributed by atoms with E-state index < -0.39 is 11.9 Å². The van der Waals surface area contributed by atoms with Crippen molar-refractivity contribution in [2.75, 3.05) is 0 Å². The highest BCUT2D eigenvalue weighted by atomic mass is 79.9. The van der Waals surface area contributed by atoms with Gasteiger partial charge in [0.1, 0.15) is 11.7 Å². The summed E-state index contributed by atoms with van der Waals surface area (Å²) >= 11 is 3.32. The highest BCUT2D eigenvalue weighted by Crippen LogP contribution is 2.19. The van der Waals surface area contributed by atoms with Gasteiger partial charge in [-0.2, -0.15) is 0 Å². The third-order valence-corrected chi connectivity index (χ3v) is 2.81. The van der Waals surface area contributed by atoms with Crippen LogP contribution in [0.5, 0.6) is 0 Å². The second-order valence-electron chi connectivity index (χ2n) is 4.14. The first-order valence-electron chi connectivity index (χ1n) is 5.30. The average Bonchev–Trinajstić information content (AvgIpc) is 2.60. The van der Waals surface area contributed by atoms with E-state index in [9.17, 15) is 9.59 Å². The molecule has 2 amide bonds. The Morgan fingerprint density at radius 1 is 1.41 bits per heavy atom. The first-order valence-corrected chi connectivity index (χ1v) is 6.09. The number of hydrogen-bond acceptors (Lipinski definition) is 2. The summed E-state index contributed by atoms with van der Waals surface area (Å²) in [7, 11) is 0. The second-order valence-corrected chi connectivity index (χ2v) is 5.06. The summed E-state index contributed by atoms with van der Waals surface area (Å²) in [5.41, 5.74) is 5.60. The van der Waals surface area contributed by atoms with Crippen molar-refractivity contribution < 1.29 is 9.59 Å². The molecular weight excluding hydrogens is 286 g/mol. The van der Waals surface area contributed by atoms with Gasteiger partial charge in [-0.1, -0.05) is 0 Å². The van der Waals surface area contributed by atoms with E-state index in [-0.39, 0.29) is 11.9 Å². The smallest absolute Gasteiger partial charge is 0.268 e. The maximum absolute atomic E-state index is 11.9. The van der Waals surface area contributed by atoms with Crippen molar-refractivity contribution in [2.45, 2.75) is 32.9 Å². The number of nitrogens with two attached hydrogens (primary N) is 1. The maximum Gasteiger partial charge on any atom is 0.268 e. The SMILES string of the molecule is CC(NC(=O)c1cc(Br)cn1C(C)C)C(N)=O. The van der Waals surface area contributed by atoms with Gasteiger partial charge in [0.05, 0.1) is 0 Å². The molecule has 1 aromatic rings. The van der Waals surface area contributed by atoms with E-state index in [2.05, 4.69) is 21.2 Å². The number of aromatic nitrogens is 1.